The Kier molecular flexibility index (Phi) is 3.12. The number of likely N-dealkylation sites (N-methyl/N-ethyl adjacent to an activating group) is 1. The van der Waals surface area contributed by atoms with Gasteiger partial charge in [0.05, 0.1) is 6.54 Å². The zero-order chi connectivity index (χ0) is 15.1. The summed E-state index contributed by atoms with van der Waals surface area (Å²) >= 11 is 0. The molecule has 2 aliphatic rings. The molecule has 1 aliphatic carbocycles. The zero-order valence-corrected chi connectivity index (χ0v) is 12.5. The molecule has 0 unspecified atom stereocenters. The highest BCUT2D eigenvalue weighted by atomic mass is 16.6. The summed E-state index contributed by atoms with van der Waals surface area (Å²) in [7, 11) is 1.86. The van der Waals surface area contributed by atoms with E-state index in [0.29, 0.717) is 13.1 Å². The Morgan fingerprint density at radius 3 is 2.86 bits per heavy atom. The van der Waals surface area contributed by atoms with Crippen LogP contribution >= 0.6 is 0 Å². The van der Waals surface area contributed by atoms with Gasteiger partial charge in [0, 0.05) is 12.2 Å². The maximum atomic E-state index is 12.1. The van der Waals surface area contributed by atoms with Crippen LogP contribution in [0.25, 0.3) is 11.1 Å². The van der Waals surface area contributed by atoms with Crippen LogP contribution in [0.3, 0.4) is 0 Å². The van der Waals surface area contributed by atoms with Crippen molar-refractivity contribution in [2.75, 3.05) is 25.0 Å². The van der Waals surface area contributed by atoms with Crippen molar-refractivity contribution in [3.05, 3.63) is 53.6 Å². The van der Waals surface area contributed by atoms with E-state index < -0.39 is 0 Å². The van der Waals surface area contributed by atoms with E-state index in [9.17, 15) is 4.79 Å². The molecule has 0 spiro atoms. The number of ether oxygens (including phenoxy) is 1. The Balaban J connectivity index is 1.64. The SMILES string of the molecule is CNC[C@H]1CN(c2ccc3c(c2)Cc2ccccc2-3)C(=O)O1. The van der Waals surface area contributed by atoms with Crippen LogP contribution in [0.1, 0.15) is 11.1 Å². The fourth-order valence-electron chi connectivity index (χ4n) is 3.37. The molecule has 1 amide bonds. The number of cyclic esters (lactones) is 1. The molecule has 0 radical (unpaired) electrons. The lowest BCUT2D eigenvalue weighted by Gasteiger charge is -2.14. The molecule has 0 saturated carbocycles. The average molecular weight is 294 g/mol. The summed E-state index contributed by atoms with van der Waals surface area (Å²) in [5.41, 5.74) is 6.14. The number of nitrogens with one attached hydrogen (secondary N) is 1. The maximum absolute atomic E-state index is 12.1. The zero-order valence-electron chi connectivity index (χ0n) is 12.5. The number of carbonyl (C=O) groups is 1. The van der Waals surface area contributed by atoms with E-state index >= 15 is 0 Å². The highest BCUT2D eigenvalue weighted by Crippen LogP contribution is 2.38. The molecule has 2 aromatic carbocycles. The summed E-state index contributed by atoms with van der Waals surface area (Å²) < 4.78 is 5.37. The van der Waals surface area contributed by atoms with Crippen LogP contribution < -0.4 is 10.2 Å². The van der Waals surface area contributed by atoms with E-state index in [1.165, 1.54) is 22.3 Å². The Bertz CT molecular complexity index is 742. The first-order valence-corrected chi connectivity index (χ1v) is 7.60. The summed E-state index contributed by atoms with van der Waals surface area (Å²) in [5.74, 6) is 0. The van der Waals surface area contributed by atoms with Crippen molar-refractivity contribution in [3.8, 4) is 11.1 Å². The van der Waals surface area contributed by atoms with Crippen molar-refractivity contribution in [1.29, 1.82) is 0 Å². The van der Waals surface area contributed by atoms with E-state index in [0.717, 1.165) is 12.1 Å². The number of nitrogens with zero attached hydrogens (tertiary/aromatic N) is 1. The largest absolute Gasteiger partial charge is 0.443 e. The molecular weight excluding hydrogens is 276 g/mol. The molecule has 4 heteroatoms. The first kappa shape index (κ1) is 13.3. The molecule has 0 bridgehead atoms. The van der Waals surface area contributed by atoms with Crippen molar-refractivity contribution in [3.63, 3.8) is 0 Å². The molecule has 112 valence electrons. The Labute approximate surface area is 129 Å². The minimum atomic E-state index is -0.254. The molecule has 1 heterocycles. The van der Waals surface area contributed by atoms with E-state index in [4.69, 9.17) is 4.74 Å². The van der Waals surface area contributed by atoms with Gasteiger partial charge in [0.25, 0.3) is 0 Å². The number of benzene rings is 2. The molecule has 1 atom stereocenters. The number of anilines is 1. The van der Waals surface area contributed by atoms with Crippen molar-refractivity contribution >= 4 is 11.8 Å². The van der Waals surface area contributed by atoms with Crippen LogP contribution in [-0.2, 0) is 11.2 Å². The molecular formula is C18H18N2O2. The number of rotatable bonds is 3. The van der Waals surface area contributed by atoms with Gasteiger partial charge in [-0.15, -0.1) is 0 Å². The second-order valence-electron chi connectivity index (χ2n) is 5.85. The number of hydrogen-bond acceptors (Lipinski definition) is 3. The third-order valence-electron chi connectivity index (χ3n) is 4.39. The van der Waals surface area contributed by atoms with Gasteiger partial charge in [-0.2, -0.15) is 0 Å². The van der Waals surface area contributed by atoms with Gasteiger partial charge in [0.2, 0.25) is 0 Å². The molecule has 1 fully saturated rings. The van der Waals surface area contributed by atoms with Gasteiger partial charge in [-0.3, -0.25) is 4.90 Å². The summed E-state index contributed by atoms with van der Waals surface area (Å²) in [4.78, 5) is 13.8. The molecule has 0 aromatic heterocycles. The predicted molar refractivity (Wildman–Crippen MR) is 86.2 cm³/mol. The van der Waals surface area contributed by atoms with Gasteiger partial charge in [-0.25, -0.2) is 4.79 Å². The monoisotopic (exact) mass is 294 g/mol. The van der Waals surface area contributed by atoms with Crippen molar-refractivity contribution in [2.45, 2.75) is 12.5 Å². The summed E-state index contributed by atoms with van der Waals surface area (Å²) in [6.07, 6.45) is 0.598. The first-order valence-electron chi connectivity index (χ1n) is 7.60. The molecule has 22 heavy (non-hydrogen) atoms. The van der Waals surface area contributed by atoms with Crippen molar-refractivity contribution in [1.82, 2.24) is 5.32 Å². The predicted octanol–water partition coefficient (Wildman–Crippen LogP) is 2.80. The lowest BCUT2D eigenvalue weighted by atomic mass is 10.1. The van der Waals surface area contributed by atoms with Crippen LogP contribution in [0.4, 0.5) is 10.5 Å². The van der Waals surface area contributed by atoms with Crippen LogP contribution in [0, 0.1) is 0 Å². The molecule has 1 aliphatic heterocycles. The lowest BCUT2D eigenvalue weighted by Crippen LogP contribution is -2.29. The van der Waals surface area contributed by atoms with Crippen LogP contribution in [0.15, 0.2) is 42.5 Å². The summed E-state index contributed by atoms with van der Waals surface area (Å²) in [5, 5.41) is 3.05. The van der Waals surface area contributed by atoms with Gasteiger partial charge in [-0.05, 0) is 47.9 Å². The molecule has 2 aromatic rings. The second kappa shape index (κ2) is 5.14. The first-order chi connectivity index (χ1) is 10.8. The van der Waals surface area contributed by atoms with Crippen LogP contribution in [-0.4, -0.2) is 32.3 Å². The Morgan fingerprint density at radius 2 is 2.00 bits per heavy atom. The second-order valence-corrected chi connectivity index (χ2v) is 5.85. The van der Waals surface area contributed by atoms with Gasteiger partial charge >= 0.3 is 6.09 Å². The lowest BCUT2D eigenvalue weighted by molar-refractivity contribution is 0.141. The van der Waals surface area contributed by atoms with Gasteiger partial charge in [0.15, 0.2) is 0 Å². The smallest absolute Gasteiger partial charge is 0.414 e. The molecule has 4 rings (SSSR count). The molecule has 4 nitrogen and oxygen atoms in total. The Hall–Kier alpha value is -2.33. The highest BCUT2D eigenvalue weighted by molar-refractivity contribution is 5.91. The quantitative estimate of drug-likeness (QED) is 0.807. The third-order valence-corrected chi connectivity index (χ3v) is 4.39. The van der Waals surface area contributed by atoms with E-state index in [1.807, 2.05) is 13.1 Å². The van der Waals surface area contributed by atoms with Gasteiger partial charge in [0.1, 0.15) is 6.10 Å². The normalized spacial score (nSPS) is 19.0. The Morgan fingerprint density at radius 1 is 1.18 bits per heavy atom. The minimum Gasteiger partial charge on any atom is -0.443 e. The maximum Gasteiger partial charge on any atom is 0.414 e. The van der Waals surface area contributed by atoms with Crippen LogP contribution in [0.2, 0.25) is 0 Å². The minimum absolute atomic E-state index is 0.0806. The van der Waals surface area contributed by atoms with E-state index in [-0.39, 0.29) is 12.2 Å². The topological polar surface area (TPSA) is 41.6 Å². The van der Waals surface area contributed by atoms with Crippen molar-refractivity contribution < 1.29 is 9.53 Å². The summed E-state index contributed by atoms with van der Waals surface area (Å²) in [6, 6.07) is 14.7. The summed E-state index contributed by atoms with van der Waals surface area (Å²) in [6.45, 7) is 1.28. The number of fused-ring (bicyclic) bond motifs is 3. The van der Waals surface area contributed by atoms with Crippen molar-refractivity contribution in [2.24, 2.45) is 0 Å². The van der Waals surface area contributed by atoms with E-state index in [1.54, 1.807) is 4.90 Å². The number of hydrogen-bond donors (Lipinski definition) is 1. The fraction of sp³-hybridized carbons (Fsp3) is 0.278. The molecule has 1 N–H and O–H groups in total. The fourth-order valence-corrected chi connectivity index (χ4v) is 3.37. The van der Waals surface area contributed by atoms with E-state index in [2.05, 4.69) is 41.7 Å². The van der Waals surface area contributed by atoms with Gasteiger partial charge < -0.3 is 10.1 Å². The number of amides is 1. The van der Waals surface area contributed by atoms with Crippen LogP contribution in [0.5, 0.6) is 0 Å². The molecule has 1 saturated heterocycles. The average Bonchev–Trinajstić information content (AvgIpc) is 3.07. The highest BCUT2D eigenvalue weighted by Gasteiger charge is 2.32. The standard InChI is InChI=1S/C18H18N2O2/c1-19-10-15-11-20(18(21)22-15)14-6-7-17-13(9-14)8-12-4-2-3-5-16(12)17/h2-7,9,15,19H,8,10-11H2,1H3/t15-/m0/s1. The van der Waals surface area contributed by atoms with Gasteiger partial charge in [-0.1, -0.05) is 30.3 Å². The number of carbonyl (C=O) groups excluding carboxylic acids is 1. The third kappa shape index (κ3) is 2.07.